The topological polar surface area (TPSA) is 49.8 Å². The SMILES string of the molecule is CCN(CC)C(CC(=O)O)c1ccc(OC)cc1. The van der Waals surface area contributed by atoms with Gasteiger partial charge in [0.2, 0.25) is 0 Å². The van der Waals surface area contributed by atoms with Crippen LogP contribution in [0.1, 0.15) is 31.9 Å². The summed E-state index contributed by atoms with van der Waals surface area (Å²) in [4.78, 5) is 13.1. The van der Waals surface area contributed by atoms with Gasteiger partial charge in [0, 0.05) is 6.04 Å². The van der Waals surface area contributed by atoms with Gasteiger partial charge >= 0.3 is 5.97 Å². The van der Waals surface area contributed by atoms with Crippen LogP contribution in [0, 0.1) is 0 Å². The predicted octanol–water partition coefficient (Wildman–Crippen LogP) is 2.55. The van der Waals surface area contributed by atoms with E-state index in [0.29, 0.717) is 0 Å². The van der Waals surface area contributed by atoms with Gasteiger partial charge in [0.1, 0.15) is 5.75 Å². The summed E-state index contributed by atoms with van der Waals surface area (Å²) in [5.41, 5.74) is 1.02. The van der Waals surface area contributed by atoms with Gasteiger partial charge in [-0.3, -0.25) is 9.69 Å². The summed E-state index contributed by atoms with van der Waals surface area (Å²) in [6, 6.07) is 7.53. The number of carboxylic acid groups (broad SMARTS) is 1. The molecule has 1 aromatic carbocycles. The molecule has 0 saturated carbocycles. The van der Waals surface area contributed by atoms with Crippen LogP contribution in [0.4, 0.5) is 0 Å². The van der Waals surface area contributed by atoms with Crippen molar-refractivity contribution in [3.05, 3.63) is 29.8 Å². The number of ether oxygens (including phenoxy) is 1. The van der Waals surface area contributed by atoms with Crippen molar-refractivity contribution >= 4 is 5.97 Å². The maximum Gasteiger partial charge on any atom is 0.305 e. The molecule has 1 rings (SSSR count). The lowest BCUT2D eigenvalue weighted by atomic mass is 10.0. The zero-order valence-electron chi connectivity index (χ0n) is 11.2. The fraction of sp³-hybridized carbons (Fsp3) is 0.500. The number of hydrogen-bond acceptors (Lipinski definition) is 3. The summed E-state index contributed by atoms with van der Waals surface area (Å²) >= 11 is 0. The minimum atomic E-state index is -0.775. The highest BCUT2D eigenvalue weighted by molar-refractivity contribution is 5.68. The molecule has 0 aliphatic carbocycles. The van der Waals surface area contributed by atoms with Crippen molar-refractivity contribution in [2.45, 2.75) is 26.3 Å². The lowest BCUT2D eigenvalue weighted by molar-refractivity contribution is -0.138. The quantitative estimate of drug-likeness (QED) is 0.809. The van der Waals surface area contributed by atoms with E-state index in [0.717, 1.165) is 24.4 Å². The summed E-state index contributed by atoms with van der Waals surface area (Å²) in [7, 11) is 1.62. The lowest BCUT2D eigenvalue weighted by Crippen LogP contribution is -2.30. The van der Waals surface area contributed by atoms with E-state index in [-0.39, 0.29) is 12.5 Å². The van der Waals surface area contributed by atoms with Crippen molar-refractivity contribution in [2.75, 3.05) is 20.2 Å². The molecule has 18 heavy (non-hydrogen) atoms. The molecule has 0 fully saturated rings. The van der Waals surface area contributed by atoms with E-state index in [4.69, 9.17) is 9.84 Å². The normalized spacial score (nSPS) is 12.4. The molecule has 0 aliphatic rings. The number of nitrogens with zero attached hydrogens (tertiary/aromatic N) is 1. The van der Waals surface area contributed by atoms with Gasteiger partial charge in [0.25, 0.3) is 0 Å². The molecule has 1 N–H and O–H groups in total. The molecule has 4 nitrogen and oxygen atoms in total. The average Bonchev–Trinajstić information content (AvgIpc) is 2.38. The maximum absolute atomic E-state index is 11.0. The first kappa shape index (κ1) is 14.5. The number of aliphatic carboxylic acids is 1. The zero-order chi connectivity index (χ0) is 13.5. The standard InChI is InChI=1S/C14H21NO3/c1-4-15(5-2)13(10-14(16)17)11-6-8-12(18-3)9-7-11/h6-9,13H,4-5,10H2,1-3H3,(H,16,17). The number of methoxy groups -OCH3 is 1. The van der Waals surface area contributed by atoms with E-state index in [9.17, 15) is 4.79 Å². The fourth-order valence-corrected chi connectivity index (χ4v) is 2.11. The molecule has 0 spiro atoms. The Morgan fingerprint density at radius 1 is 1.28 bits per heavy atom. The maximum atomic E-state index is 11.0. The number of carbonyl (C=O) groups is 1. The first-order valence-corrected chi connectivity index (χ1v) is 6.22. The summed E-state index contributed by atoms with van der Waals surface area (Å²) in [5.74, 6) is 0.00934. The Labute approximate surface area is 108 Å². The Morgan fingerprint density at radius 3 is 2.22 bits per heavy atom. The molecule has 4 heteroatoms. The minimum Gasteiger partial charge on any atom is -0.497 e. The van der Waals surface area contributed by atoms with E-state index in [1.807, 2.05) is 38.1 Å². The van der Waals surface area contributed by atoms with Crippen molar-refractivity contribution in [3.8, 4) is 5.75 Å². The highest BCUT2D eigenvalue weighted by Crippen LogP contribution is 2.25. The van der Waals surface area contributed by atoms with Gasteiger partial charge in [-0.05, 0) is 30.8 Å². The second kappa shape index (κ2) is 7.01. The molecule has 0 aliphatic heterocycles. The molecule has 1 atom stereocenters. The van der Waals surface area contributed by atoms with Crippen molar-refractivity contribution < 1.29 is 14.6 Å². The van der Waals surface area contributed by atoms with Crippen LogP contribution in [0.3, 0.4) is 0 Å². The monoisotopic (exact) mass is 251 g/mol. The van der Waals surface area contributed by atoms with E-state index < -0.39 is 5.97 Å². The molecule has 0 amide bonds. The van der Waals surface area contributed by atoms with Crippen molar-refractivity contribution in [2.24, 2.45) is 0 Å². The predicted molar refractivity (Wildman–Crippen MR) is 70.9 cm³/mol. The number of carboxylic acids is 1. The molecule has 0 radical (unpaired) electrons. The number of benzene rings is 1. The van der Waals surface area contributed by atoms with Gasteiger partial charge in [0.05, 0.1) is 13.5 Å². The third kappa shape index (κ3) is 3.74. The average molecular weight is 251 g/mol. The number of hydrogen-bond donors (Lipinski definition) is 1. The third-order valence-electron chi connectivity index (χ3n) is 3.12. The second-order valence-corrected chi connectivity index (χ2v) is 4.11. The highest BCUT2D eigenvalue weighted by Gasteiger charge is 2.20. The Balaban J connectivity index is 2.96. The van der Waals surface area contributed by atoms with Gasteiger partial charge in [-0.25, -0.2) is 0 Å². The molecular weight excluding hydrogens is 230 g/mol. The van der Waals surface area contributed by atoms with Crippen LogP contribution in [-0.4, -0.2) is 36.2 Å². The molecule has 100 valence electrons. The summed E-state index contributed by atoms with van der Waals surface area (Å²) in [6.45, 7) is 5.75. The first-order valence-electron chi connectivity index (χ1n) is 6.22. The van der Waals surface area contributed by atoms with Crippen molar-refractivity contribution in [1.82, 2.24) is 4.90 Å². The molecular formula is C14H21NO3. The van der Waals surface area contributed by atoms with Crippen LogP contribution in [0.15, 0.2) is 24.3 Å². The first-order chi connectivity index (χ1) is 8.62. The van der Waals surface area contributed by atoms with E-state index in [1.165, 1.54) is 0 Å². The Morgan fingerprint density at radius 2 is 1.83 bits per heavy atom. The van der Waals surface area contributed by atoms with Gasteiger partial charge in [0.15, 0.2) is 0 Å². The van der Waals surface area contributed by atoms with Crippen LogP contribution in [0.5, 0.6) is 5.75 Å². The van der Waals surface area contributed by atoms with Gasteiger partial charge in [-0.2, -0.15) is 0 Å². The van der Waals surface area contributed by atoms with Crippen molar-refractivity contribution in [3.63, 3.8) is 0 Å². The Kier molecular flexibility index (Phi) is 5.65. The fourth-order valence-electron chi connectivity index (χ4n) is 2.11. The zero-order valence-corrected chi connectivity index (χ0v) is 11.2. The van der Waals surface area contributed by atoms with Gasteiger partial charge in [-0.1, -0.05) is 26.0 Å². The lowest BCUT2D eigenvalue weighted by Gasteiger charge is -2.29. The summed E-state index contributed by atoms with van der Waals surface area (Å²) in [6.07, 6.45) is 0.119. The molecule has 1 unspecified atom stereocenters. The minimum absolute atomic E-state index is 0.0802. The molecule has 0 saturated heterocycles. The molecule has 0 aromatic heterocycles. The Hall–Kier alpha value is -1.55. The van der Waals surface area contributed by atoms with Gasteiger partial charge < -0.3 is 9.84 Å². The summed E-state index contributed by atoms with van der Waals surface area (Å²) in [5, 5.41) is 9.03. The second-order valence-electron chi connectivity index (χ2n) is 4.11. The number of rotatable bonds is 7. The van der Waals surface area contributed by atoms with Crippen LogP contribution >= 0.6 is 0 Å². The van der Waals surface area contributed by atoms with Crippen molar-refractivity contribution in [1.29, 1.82) is 0 Å². The smallest absolute Gasteiger partial charge is 0.305 e. The molecule has 0 bridgehead atoms. The third-order valence-corrected chi connectivity index (χ3v) is 3.12. The van der Waals surface area contributed by atoms with Gasteiger partial charge in [-0.15, -0.1) is 0 Å². The van der Waals surface area contributed by atoms with Crippen LogP contribution in [0.2, 0.25) is 0 Å². The molecule has 1 aromatic rings. The molecule has 0 heterocycles. The van der Waals surface area contributed by atoms with Crippen LogP contribution < -0.4 is 4.74 Å². The van der Waals surface area contributed by atoms with Crippen LogP contribution in [-0.2, 0) is 4.79 Å². The Bertz CT molecular complexity index is 371. The van der Waals surface area contributed by atoms with E-state index >= 15 is 0 Å². The summed E-state index contributed by atoms with van der Waals surface area (Å²) < 4.78 is 5.11. The van der Waals surface area contributed by atoms with E-state index in [1.54, 1.807) is 7.11 Å². The largest absolute Gasteiger partial charge is 0.497 e. The highest BCUT2D eigenvalue weighted by atomic mass is 16.5. The van der Waals surface area contributed by atoms with E-state index in [2.05, 4.69) is 4.90 Å². The van der Waals surface area contributed by atoms with Crippen LogP contribution in [0.25, 0.3) is 0 Å².